The molecule has 0 saturated carbocycles. The molecule has 0 aliphatic heterocycles. The van der Waals surface area contributed by atoms with E-state index in [1.807, 2.05) is 0 Å². The fraction of sp³-hybridized carbons (Fsp3) is 0.182. The third-order valence-electron chi connectivity index (χ3n) is 4.30. The summed E-state index contributed by atoms with van der Waals surface area (Å²) in [6.07, 6.45) is 0. The van der Waals surface area contributed by atoms with Gasteiger partial charge in [-0.25, -0.2) is 4.39 Å². The zero-order valence-corrected chi connectivity index (χ0v) is 16.1. The van der Waals surface area contributed by atoms with E-state index in [9.17, 15) is 14.0 Å². The van der Waals surface area contributed by atoms with E-state index in [0.29, 0.717) is 29.3 Å². The molecule has 0 radical (unpaired) electrons. The second kappa shape index (κ2) is 9.05. The van der Waals surface area contributed by atoms with Crippen molar-refractivity contribution >= 4 is 17.5 Å². The van der Waals surface area contributed by atoms with Crippen molar-refractivity contribution in [2.45, 2.75) is 6.92 Å². The predicted octanol–water partition coefficient (Wildman–Crippen LogP) is 4.20. The number of methoxy groups -OCH3 is 1. The van der Waals surface area contributed by atoms with Gasteiger partial charge in [0, 0.05) is 23.9 Å². The van der Waals surface area contributed by atoms with E-state index in [2.05, 4.69) is 5.32 Å². The van der Waals surface area contributed by atoms with Crippen LogP contribution in [0.15, 0.2) is 65.1 Å². The van der Waals surface area contributed by atoms with Gasteiger partial charge in [-0.2, -0.15) is 0 Å². The minimum absolute atomic E-state index is 0.111. The van der Waals surface area contributed by atoms with Gasteiger partial charge in [0.1, 0.15) is 23.9 Å². The van der Waals surface area contributed by atoms with Gasteiger partial charge in [-0.15, -0.1) is 0 Å². The number of likely N-dealkylation sites (N-methyl/N-ethyl adjacent to an activating group) is 1. The highest BCUT2D eigenvalue weighted by molar-refractivity contribution is 5.98. The van der Waals surface area contributed by atoms with Crippen molar-refractivity contribution in [2.75, 3.05) is 25.5 Å². The molecule has 0 saturated heterocycles. The smallest absolute Gasteiger partial charge is 0.290 e. The second-order valence-electron chi connectivity index (χ2n) is 6.27. The van der Waals surface area contributed by atoms with Crippen LogP contribution in [0.2, 0.25) is 0 Å². The lowest BCUT2D eigenvalue weighted by atomic mass is 10.2. The number of benzene rings is 2. The Kier molecular flexibility index (Phi) is 6.29. The number of furan rings is 1. The van der Waals surface area contributed by atoms with Crippen LogP contribution < -0.4 is 10.1 Å². The minimum Gasteiger partial charge on any atom is -0.497 e. The molecule has 0 bridgehead atoms. The summed E-state index contributed by atoms with van der Waals surface area (Å²) in [7, 11) is 1.54. The van der Waals surface area contributed by atoms with Gasteiger partial charge in [-0.05, 0) is 55.5 Å². The summed E-state index contributed by atoms with van der Waals surface area (Å²) >= 11 is 0. The highest BCUT2D eigenvalue weighted by Crippen LogP contribution is 2.23. The number of hydrogen-bond acceptors (Lipinski definition) is 4. The molecule has 0 aliphatic rings. The van der Waals surface area contributed by atoms with Crippen molar-refractivity contribution in [2.24, 2.45) is 0 Å². The number of anilines is 1. The van der Waals surface area contributed by atoms with Crippen LogP contribution in [0.25, 0.3) is 11.3 Å². The van der Waals surface area contributed by atoms with Gasteiger partial charge in [0.25, 0.3) is 5.91 Å². The second-order valence-corrected chi connectivity index (χ2v) is 6.27. The van der Waals surface area contributed by atoms with Gasteiger partial charge in [-0.1, -0.05) is 6.07 Å². The van der Waals surface area contributed by atoms with E-state index in [4.69, 9.17) is 9.15 Å². The predicted molar refractivity (Wildman–Crippen MR) is 107 cm³/mol. The SMILES string of the molecule is CCN(CC(=O)Nc1cccc(OC)c1)C(=O)c1ccc(-c2ccc(F)cc2)o1. The van der Waals surface area contributed by atoms with Crippen LogP contribution >= 0.6 is 0 Å². The summed E-state index contributed by atoms with van der Waals surface area (Å²) in [6.45, 7) is 1.98. The van der Waals surface area contributed by atoms with Crippen LogP contribution in [0, 0.1) is 5.82 Å². The molecule has 2 amide bonds. The van der Waals surface area contributed by atoms with Crippen LogP contribution in [0.3, 0.4) is 0 Å². The Morgan fingerprint density at radius 1 is 1.10 bits per heavy atom. The summed E-state index contributed by atoms with van der Waals surface area (Å²) in [4.78, 5) is 26.5. The summed E-state index contributed by atoms with van der Waals surface area (Å²) < 4.78 is 23.8. The monoisotopic (exact) mass is 396 g/mol. The normalized spacial score (nSPS) is 10.4. The van der Waals surface area contributed by atoms with E-state index in [-0.39, 0.29) is 24.0 Å². The fourth-order valence-corrected chi connectivity index (χ4v) is 2.78. The van der Waals surface area contributed by atoms with Gasteiger partial charge in [0.15, 0.2) is 5.76 Å². The summed E-state index contributed by atoms with van der Waals surface area (Å²) in [5.74, 6) is 0.0944. The molecule has 0 fully saturated rings. The number of ether oxygens (including phenoxy) is 1. The highest BCUT2D eigenvalue weighted by Gasteiger charge is 2.21. The van der Waals surface area contributed by atoms with Crippen LogP contribution in [0.4, 0.5) is 10.1 Å². The van der Waals surface area contributed by atoms with Gasteiger partial charge in [0.2, 0.25) is 5.91 Å². The third-order valence-corrected chi connectivity index (χ3v) is 4.30. The Bertz CT molecular complexity index is 998. The molecule has 0 unspecified atom stereocenters. The number of nitrogens with one attached hydrogen (secondary N) is 1. The van der Waals surface area contributed by atoms with Crippen LogP contribution in [0.1, 0.15) is 17.5 Å². The van der Waals surface area contributed by atoms with Crippen LogP contribution in [0.5, 0.6) is 5.75 Å². The Morgan fingerprint density at radius 3 is 2.55 bits per heavy atom. The molecule has 0 atom stereocenters. The highest BCUT2D eigenvalue weighted by atomic mass is 19.1. The van der Waals surface area contributed by atoms with E-state index in [0.717, 1.165) is 0 Å². The molecule has 0 aliphatic carbocycles. The molecule has 2 aromatic carbocycles. The summed E-state index contributed by atoms with van der Waals surface area (Å²) in [5, 5.41) is 2.75. The van der Waals surface area contributed by atoms with E-state index in [1.54, 1.807) is 62.6 Å². The third kappa shape index (κ3) is 5.01. The minimum atomic E-state index is -0.401. The Morgan fingerprint density at radius 2 is 1.86 bits per heavy atom. The largest absolute Gasteiger partial charge is 0.497 e. The molecule has 1 aromatic heterocycles. The maximum absolute atomic E-state index is 13.1. The van der Waals surface area contributed by atoms with Gasteiger partial charge < -0.3 is 19.4 Å². The van der Waals surface area contributed by atoms with Crippen molar-refractivity contribution in [3.63, 3.8) is 0 Å². The molecule has 1 heterocycles. The lowest BCUT2D eigenvalue weighted by Crippen LogP contribution is -2.37. The van der Waals surface area contributed by atoms with Crippen molar-refractivity contribution in [3.05, 3.63) is 72.2 Å². The molecule has 6 nitrogen and oxygen atoms in total. The van der Waals surface area contributed by atoms with E-state index < -0.39 is 5.91 Å². The molecule has 150 valence electrons. The summed E-state index contributed by atoms with van der Waals surface area (Å²) in [6, 6.07) is 15.9. The van der Waals surface area contributed by atoms with Gasteiger partial charge in [-0.3, -0.25) is 9.59 Å². The molecule has 3 rings (SSSR count). The van der Waals surface area contributed by atoms with Crippen molar-refractivity contribution in [3.8, 4) is 17.1 Å². The first-order valence-corrected chi connectivity index (χ1v) is 9.09. The lowest BCUT2D eigenvalue weighted by molar-refractivity contribution is -0.116. The standard InChI is InChI=1S/C22H21FN2O4/c1-3-25(14-21(26)24-17-5-4-6-18(13-17)28-2)22(27)20-12-11-19(29-20)15-7-9-16(23)10-8-15/h4-13H,3,14H2,1-2H3,(H,24,26). The molecular formula is C22H21FN2O4. The first kappa shape index (κ1) is 20.1. The quantitative estimate of drug-likeness (QED) is 0.650. The maximum Gasteiger partial charge on any atom is 0.290 e. The van der Waals surface area contributed by atoms with Crippen molar-refractivity contribution in [1.29, 1.82) is 0 Å². The summed E-state index contributed by atoms with van der Waals surface area (Å²) in [5.41, 5.74) is 1.23. The zero-order chi connectivity index (χ0) is 20.8. The topological polar surface area (TPSA) is 71.8 Å². The Balaban J connectivity index is 1.67. The Hall–Kier alpha value is -3.61. The van der Waals surface area contributed by atoms with Crippen molar-refractivity contribution < 1.29 is 23.1 Å². The molecule has 7 heteroatoms. The number of hydrogen-bond donors (Lipinski definition) is 1. The number of halogens is 1. The fourth-order valence-electron chi connectivity index (χ4n) is 2.78. The average molecular weight is 396 g/mol. The van der Waals surface area contributed by atoms with Crippen LogP contribution in [-0.2, 0) is 4.79 Å². The van der Waals surface area contributed by atoms with Crippen LogP contribution in [-0.4, -0.2) is 36.9 Å². The van der Waals surface area contributed by atoms with Gasteiger partial charge in [0.05, 0.1) is 7.11 Å². The van der Waals surface area contributed by atoms with Gasteiger partial charge >= 0.3 is 0 Å². The number of amides is 2. The molecule has 29 heavy (non-hydrogen) atoms. The van der Waals surface area contributed by atoms with E-state index in [1.165, 1.54) is 17.0 Å². The van der Waals surface area contributed by atoms with E-state index >= 15 is 0 Å². The number of nitrogens with zero attached hydrogens (tertiary/aromatic N) is 1. The first-order chi connectivity index (χ1) is 14.0. The number of rotatable bonds is 7. The zero-order valence-electron chi connectivity index (χ0n) is 16.1. The Labute approximate surface area is 167 Å². The number of carbonyl (C=O) groups is 2. The molecule has 0 spiro atoms. The number of carbonyl (C=O) groups excluding carboxylic acids is 2. The first-order valence-electron chi connectivity index (χ1n) is 9.09. The molecule has 1 N–H and O–H groups in total. The molecule has 3 aromatic rings. The average Bonchev–Trinajstić information content (AvgIpc) is 3.22. The molecular weight excluding hydrogens is 375 g/mol. The maximum atomic E-state index is 13.1. The lowest BCUT2D eigenvalue weighted by Gasteiger charge is -2.19. The van der Waals surface area contributed by atoms with Crippen molar-refractivity contribution in [1.82, 2.24) is 4.90 Å².